The molecule has 0 atom stereocenters. The Morgan fingerprint density at radius 2 is 1.89 bits per heavy atom. The summed E-state index contributed by atoms with van der Waals surface area (Å²) in [5, 5.41) is 10.3. The average molecular weight is 369 g/mol. The average Bonchev–Trinajstić information content (AvgIpc) is 3.14. The minimum Gasteiger partial charge on any atom is -0.493 e. The molecule has 0 saturated heterocycles. The van der Waals surface area contributed by atoms with Crippen LogP contribution in [0.4, 0.5) is 5.82 Å². The van der Waals surface area contributed by atoms with Gasteiger partial charge in [-0.2, -0.15) is 0 Å². The van der Waals surface area contributed by atoms with E-state index in [1.807, 2.05) is 25.1 Å². The molecule has 27 heavy (non-hydrogen) atoms. The van der Waals surface area contributed by atoms with Crippen LogP contribution in [0.25, 0.3) is 11.3 Å². The van der Waals surface area contributed by atoms with Gasteiger partial charge in [0.1, 0.15) is 5.75 Å². The zero-order valence-electron chi connectivity index (χ0n) is 15.2. The standard InChI is InChI=1S/C19H19N3O5/c1-12-5-4-6-14(9-12)26-11-17(23)20-19-18(21-27-22-19)13-7-8-15(24-2)16(10-13)25-3/h4-10H,11H2,1-3H3,(H,20,22,23). The van der Waals surface area contributed by atoms with E-state index < -0.39 is 0 Å². The van der Waals surface area contributed by atoms with Crippen LogP contribution in [-0.2, 0) is 4.79 Å². The summed E-state index contributed by atoms with van der Waals surface area (Å²) in [6.45, 7) is 1.78. The molecule has 8 nitrogen and oxygen atoms in total. The summed E-state index contributed by atoms with van der Waals surface area (Å²) in [7, 11) is 3.09. The highest BCUT2D eigenvalue weighted by Crippen LogP contribution is 2.33. The molecule has 3 aromatic rings. The Labute approximate surface area is 156 Å². The van der Waals surface area contributed by atoms with Gasteiger partial charge in [0, 0.05) is 5.56 Å². The Hall–Kier alpha value is -3.55. The van der Waals surface area contributed by atoms with Gasteiger partial charge in [-0.1, -0.05) is 12.1 Å². The zero-order chi connectivity index (χ0) is 19.2. The second-order valence-electron chi connectivity index (χ2n) is 5.68. The molecule has 0 radical (unpaired) electrons. The first-order valence-electron chi connectivity index (χ1n) is 8.15. The van der Waals surface area contributed by atoms with Gasteiger partial charge in [-0.25, -0.2) is 4.63 Å². The molecule has 1 heterocycles. The summed E-state index contributed by atoms with van der Waals surface area (Å²) in [6.07, 6.45) is 0. The van der Waals surface area contributed by atoms with Gasteiger partial charge in [-0.3, -0.25) is 4.79 Å². The molecule has 1 N–H and O–H groups in total. The number of hydrogen-bond acceptors (Lipinski definition) is 7. The molecule has 0 bridgehead atoms. The van der Waals surface area contributed by atoms with Crippen molar-refractivity contribution in [3.8, 4) is 28.5 Å². The molecular weight excluding hydrogens is 350 g/mol. The number of carbonyl (C=O) groups excluding carboxylic acids is 1. The first-order valence-corrected chi connectivity index (χ1v) is 8.15. The van der Waals surface area contributed by atoms with Crippen molar-refractivity contribution in [2.75, 3.05) is 26.1 Å². The first kappa shape index (κ1) is 18.2. The number of aromatic nitrogens is 2. The van der Waals surface area contributed by atoms with Gasteiger partial charge in [0.15, 0.2) is 23.8 Å². The molecule has 0 unspecified atom stereocenters. The number of carbonyl (C=O) groups is 1. The third-order valence-corrected chi connectivity index (χ3v) is 3.76. The van der Waals surface area contributed by atoms with Crippen molar-refractivity contribution >= 4 is 11.7 Å². The predicted octanol–water partition coefficient (Wildman–Crippen LogP) is 3.08. The molecule has 1 amide bonds. The number of anilines is 1. The Bertz CT molecular complexity index is 939. The highest BCUT2D eigenvalue weighted by Gasteiger charge is 2.17. The van der Waals surface area contributed by atoms with Crippen molar-refractivity contribution in [3.63, 3.8) is 0 Å². The van der Waals surface area contributed by atoms with Crippen molar-refractivity contribution < 1.29 is 23.6 Å². The highest BCUT2D eigenvalue weighted by molar-refractivity contribution is 5.94. The summed E-state index contributed by atoms with van der Waals surface area (Å²) in [5.74, 6) is 1.53. The lowest BCUT2D eigenvalue weighted by Gasteiger charge is -2.09. The maximum absolute atomic E-state index is 12.2. The van der Waals surface area contributed by atoms with Crippen molar-refractivity contribution in [1.82, 2.24) is 10.3 Å². The lowest BCUT2D eigenvalue weighted by Crippen LogP contribution is -2.20. The molecule has 1 aromatic heterocycles. The summed E-state index contributed by atoms with van der Waals surface area (Å²) in [4.78, 5) is 12.2. The molecule has 0 spiro atoms. The van der Waals surface area contributed by atoms with Gasteiger partial charge in [0.25, 0.3) is 5.91 Å². The van der Waals surface area contributed by atoms with Crippen LogP contribution in [-0.4, -0.2) is 37.0 Å². The molecule has 0 aliphatic rings. The van der Waals surface area contributed by atoms with Crippen LogP contribution in [0.2, 0.25) is 0 Å². The number of amides is 1. The molecule has 2 aromatic carbocycles. The van der Waals surface area contributed by atoms with Gasteiger partial charge in [-0.05, 0) is 53.1 Å². The Balaban J connectivity index is 1.70. The van der Waals surface area contributed by atoms with E-state index in [1.165, 1.54) is 7.11 Å². The maximum atomic E-state index is 12.2. The maximum Gasteiger partial charge on any atom is 0.263 e. The zero-order valence-corrected chi connectivity index (χ0v) is 15.2. The Morgan fingerprint density at radius 3 is 2.63 bits per heavy atom. The van der Waals surface area contributed by atoms with E-state index in [2.05, 4.69) is 15.6 Å². The van der Waals surface area contributed by atoms with Gasteiger partial charge in [0.2, 0.25) is 5.82 Å². The van der Waals surface area contributed by atoms with Crippen molar-refractivity contribution in [3.05, 3.63) is 48.0 Å². The number of nitrogens with one attached hydrogen (secondary N) is 1. The fourth-order valence-corrected chi connectivity index (χ4v) is 2.47. The number of rotatable bonds is 7. The molecule has 0 aliphatic heterocycles. The third kappa shape index (κ3) is 4.35. The van der Waals surface area contributed by atoms with Gasteiger partial charge < -0.3 is 19.5 Å². The van der Waals surface area contributed by atoms with Crippen LogP contribution in [0, 0.1) is 6.92 Å². The molecular formula is C19H19N3O5. The number of methoxy groups -OCH3 is 2. The van der Waals surface area contributed by atoms with Crippen LogP contribution in [0.15, 0.2) is 47.1 Å². The van der Waals surface area contributed by atoms with E-state index in [9.17, 15) is 4.79 Å². The number of aryl methyl sites for hydroxylation is 1. The normalized spacial score (nSPS) is 10.3. The van der Waals surface area contributed by atoms with E-state index >= 15 is 0 Å². The lowest BCUT2D eigenvalue weighted by atomic mass is 10.1. The Morgan fingerprint density at radius 1 is 1.07 bits per heavy atom. The molecule has 0 fully saturated rings. The minimum absolute atomic E-state index is 0.165. The van der Waals surface area contributed by atoms with Gasteiger partial charge in [-0.15, -0.1) is 0 Å². The molecule has 0 aliphatic carbocycles. The Kier molecular flexibility index (Phi) is 5.55. The third-order valence-electron chi connectivity index (χ3n) is 3.76. The molecule has 0 saturated carbocycles. The molecule has 3 rings (SSSR count). The van der Waals surface area contributed by atoms with Crippen LogP contribution >= 0.6 is 0 Å². The van der Waals surface area contributed by atoms with E-state index in [0.717, 1.165) is 5.56 Å². The monoisotopic (exact) mass is 369 g/mol. The number of nitrogens with zero attached hydrogens (tertiary/aromatic N) is 2. The van der Waals surface area contributed by atoms with E-state index in [-0.39, 0.29) is 18.3 Å². The van der Waals surface area contributed by atoms with Gasteiger partial charge >= 0.3 is 0 Å². The molecule has 8 heteroatoms. The number of benzene rings is 2. The number of ether oxygens (including phenoxy) is 3. The van der Waals surface area contributed by atoms with Crippen molar-refractivity contribution in [1.29, 1.82) is 0 Å². The predicted molar refractivity (Wildman–Crippen MR) is 98.1 cm³/mol. The second-order valence-corrected chi connectivity index (χ2v) is 5.68. The van der Waals surface area contributed by atoms with Crippen molar-refractivity contribution in [2.45, 2.75) is 6.92 Å². The van der Waals surface area contributed by atoms with Crippen LogP contribution in [0.3, 0.4) is 0 Å². The fraction of sp³-hybridized carbons (Fsp3) is 0.211. The van der Waals surface area contributed by atoms with Crippen LogP contribution in [0.5, 0.6) is 17.2 Å². The minimum atomic E-state index is -0.381. The van der Waals surface area contributed by atoms with E-state index in [4.69, 9.17) is 18.8 Å². The lowest BCUT2D eigenvalue weighted by molar-refractivity contribution is -0.118. The summed E-state index contributed by atoms with van der Waals surface area (Å²) >= 11 is 0. The van der Waals surface area contributed by atoms with Gasteiger partial charge in [0.05, 0.1) is 14.2 Å². The molecule has 140 valence electrons. The largest absolute Gasteiger partial charge is 0.493 e. The first-order chi connectivity index (χ1) is 13.1. The summed E-state index contributed by atoms with van der Waals surface area (Å²) < 4.78 is 20.8. The topological polar surface area (TPSA) is 95.7 Å². The van der Waals surface area contributed by atoms with E-state index in [1.54, 1.807) is 31.4 Å². The van der Waals surface area contributed by atoms with E-state index in [0.29, 0.717) is 28.5 Å². The number of hydrogen-bond donors (Lipinski definition) is 1. The summed E-state index contributed by atoms with van der Waals surface area (Å²) in [5.41, 5.74) is 2.08. The fourth-order valence-electron chi connectivity index (χ4n) is 2.47. The smallest absolute Gasteiger partial charge is 0.263 e. The van der Waals surface area contributed by atoms with Crippen molar-refractivity contribution in [2.24, 2.45) is 0 Å². The second kappa shape index (κ2) is 8.22. The SMILES string of the molecule is COc1ccc(-c2nonc2NC(=O)COc2cccc(C)c2)cc1OC. The summed E-state index contributed by atoms with van der Waals surface area (Å²) in [6, 6.07) is 12.7. The van der Waals surface area contributed by atoms with Crippen LogP contribution in [0.1, 0.15) is 5.56 Å². The quantitative estimate of drug-likeness (QED) is 0.684. The van der Waals surface area contributed by atoms with Crippen LogP contribution < -0.4 is 19.5 Å². The highest BCUT2D eigenvalue weighted by atomic mass is 16.6.